The minimum absolute atomic E-state index is 0.00944. The summed E-state index contributed by atoms with van der Waals surface area (Å²) in [6, 6.07) is 7.04. The molecular weight excluding hydrogens is 286 g/mol. The number of carbonyl (C=O) groups is 2. The van der Waals surface area contributed by atoms with Crippen LogP contribution in [0.2, 0.25) is 5.02 Å². The van der Waals surface area contributed by atoms with Crippen molar-refractivity contribution in [3.63, 3.8) is 0 Å². The van der Waals surface area contributed by atoms with E-state index >= 15 is 0 Å². The number of likely N-dealkylation sites (tertiary alicyclic amines) is 1. The van der Waals surface area contributed by atoms with Gasteiger partial charge in [0.2, 0.25) is 5.91 Å². The molecule has 1 aromatic rings. The molecule has 0 spiro atoms. The lowest BCUT2D eigenvalue weighted by atomic mass is 9.87. The number of carbonyl (C=O) groups excluding carboxylic acids is 2. The molecule has 0 radical (unpaired) electrons. The van der Waals surface area contributed by atoms with Gasteiger partial charge in [0.05, 0.1) is 0 Å². The average molecular weight is 308 g/mol. The molecular formula is C17H22ClNO2. The zero-order chi connectivity index (χ0) is 15.6. The third kappa shape index (κ3) is 3.85. The maximum absolute atomic E-state index is 12.4. The Hall–Kier alpha value is -1.35. The second-order valence-corrected chi connectivity index (χ2v) is 7.12. The van der Waals surface area contributed by atoms with Crippen molar-refractivity contribution in [2.75, 3.05) is 13.1 Å². The number of nitrogens with zero attached hydrogens (tertiary/aromatic N) is 1. The Bertz CT molecular complexity index is 523. The molecule has 4 heteroatoms. The predicted molar refractivity (Wildman–Crippen MR) is 84.5 cm³/mol. The first-order valence-electron chi connectivity index (χ1n) is 7.38. The van der Waals surface area contributed by atoms with Crippen LogP contribution in [0.5, 0.6) is 0 Å². The summed E-state index contributed by atoms with van der Waals surface area (Å²) in [7, 11) is 0. The lowest BCUT2D eigenvalue weighted by Crippen LogP contribution is -2.45. The van der Waals surface area contributed by atoms with Crippen LogP contribution >= 0.6 is 11.6 Å². The van der Waals surface area contributed by atoms with Gasteiger partial charge < -0.3 is 4.90 Å². The average Bonchev–Trinajstić information content (AvgIpc) is 2.46. The van der Waals surface area contributed by atoms with Crippen LogP contribution in [0.4, 0.5) is 0 Å². The molecule has 1 fully saturated rings. The van der Waals surface area contributed by atoms with E-state index in [1.807, 2.05) is 25.7 Å². The summed E-state index contributed by atoms with van der Waals surface area (Å²) < 4.78 is 0. The molecule has 1 heterocycles. The Labute approximate surface area is 131 Å². The van der Waals surface area contributed by atoms with Gasteiger partial charge >= 0.3 is 0 Å². The molecule has 1 saturated heterocycles. The molecule has 114 valence electrons. The Morgan fingerprint density at radius 3 is 2.10 bits per heavy atom. The van der Waals surface area contributed by atoms with Crippen molar-refractivity contribution >= 4 is 23.3 Å². The molecule has 1 aliphatic heterocycles. The van der Waals surface area contributed by atoms with E-state index in [0.29, 0.717) is 23.7 Å². The van der Waals surface area contributed by atoms with Crippen molar-refractivity contribution in [3.05, 3.63) is 34.9 Å². The molecule has 2 rings (SSSR count). The number of ketones is 1. The van der Waals surface area contributed by atoms with E-state index in [1.165, 1.54) is 0 Å². The van der Waals surface area contributed by atoms with Gasteiger partial charge in [-0.05, 0) is 37.1 Å². The molecule has 3 nitrogen and oxygen atoms in total. The van der Waals surface area contributed by atoms with Crippen LogP contribution in [0, 0.1) is 11.3 Å². The Kier molecular flexibility index (Phi) is 4.72. The highest BCUT2D eigenvalue weighted by atomic mass is 35.5. The van der Waals surface area contributed by atoms with E-state index < -0.39 is 0 Å². The van der Waals surface area contributed by atoms with Crippen LogP contribution in [0.3, 0.4) is 0 Å². The lowest BCUT2D eigenvalue weighted by molar-refractivity contribution is -0.140. The van der Waals surface area contributed by atoms with Gasteiger partial charge in [-0.15, -0.1) is 0 Å². The third-order valence-corrected chi connectivity index (χ3v) is 4.18. The van der Waals surface area contributed by atoms with Crippen LogP contribution in [0.15, 0.2) is 24.3 Å². The van der Waals surface area contributed by atoms with Crippen molar-refractivity contribution < 1.29 is 9.59 Å². The minimum atomic E-state index is -0.354. The SMILES string of the molecule is CC(C)(C)C(=O)N1CCC(C(=O)c2ccc(Cl)cc2)CC1. The van der Waals surface area contributed by atoms with Crippen LogP contribution in [-0.4, -0.2) is 29.7 Å². The topological polar surface area (TPSA) is 37.4 Å². The normalized spacial score (nSPS) is 16.9. The van der Waals surface area contributed by atoms with Gasteiger partial charge in [-0.2, -0.15) is 0 Å². The van der Waals surface area contributed by atoms with Crippen molar-refractivity contribution in [2.24, 2.45) is 11.3 Å². The van der Waals surface area contributed by atoms with Crippen LogP contribution in [-0.2, 0) is 4.79 Å². The molecule has 0 saturated carbocycles. The first-order chi connectivity index (χ1) is 9.79. The van der Waals surface area contributed by atoms with Crippen molar-refractivity contribution in [1.82, 2.24) is 4.90 Å². The highest BCUT2D eigenvalue weighted by Gasteiger charge is 2.32. The number of hydrogen-bond acceptors (Lipinski definition) is 2. The number of rotatable bonds is 2. The molecule has 1 amide bonds. The van der Waals surface area contributed by atoms with E-state index in [1.54, 1.807) is 24.3 Å². The highest BCUT2D eigenvalue weighted by molar-refractivity contribution is 6.30. The molecule has 1 aliphatic rings. The molecule has 0 aromatic heterocycles. The van der Waals surface area contributed by atoms with E-state index in [9.17, 15) is 9.59 Å². The number of piperidine rings is 1. The number of Topliss-reactive ketones (excluding diaryl/α,β-unsaturated/α-hetero) is 1. The monoisotopic (exact) mass is 307 g/mol. The molecule has 0 N–H and O–H groups in total. The van der Waals surface area contributed by atoms with Gasteiger partial charge in [0, 0.05) is 35.0 Å². The summed E-state index contributed by atoms with van der Waals surface area (Å²) in [6.45, 7) is 7.13. The Morgan fingerprint density at radius 1 is 1.10 bits per heavy atom. The number of halogens is 1. The molecule has 0 bridgehead atoms. The molecule has 0 unspecified atom stereocenters. The fourth-order valence-corrected chi connectivity index (χ4v) is 2.79. The predicted octanol–water partition coefficient (Wildman–Crippen LogP) is 3.81. The van der Waals surface area contributed by atoms with Crippen LogP contribution in [0.1, 0.15) is 44.0 Å². The van der Waals surface area contributed by atoms with Gasteiger partial charge in [0.1, 0.15) is 0 Å². The summed E-state index contributed by atoms with van der Waals surface area (Å²) in [6.07, 6.45) is 1.48. The van der Waals surface area contributed by atoms with Crippen molar-refractivity contribution in [3.8, 4) is 0 Å². The van der Waals surface area contributed by atoms with Gasteiger partial charge in [0.15, 0.2) is 5.78 Å². The molecule has 0 aliphatic carbocycles. The summed E-state index contributed by atoms with van der Waals surface area (Å²) in [5, 5.41) is 0.636. The van der Waals surface area contributed by atoms with Gasteiger partial charge in [-0.1, -0.05) is 32.4 Å². The van der Waals surface area contributed by atoms with E-state index in [2.05, 4.69) is 0 Å². The van der Waals surface area contributed by atoms with Crippen molar-refractivity contribution in [1.29, 1.82) is 0 Å². The summed E-state index contributed by atoms with van der Waals surface area (Å²) >= 11 is 5.84. The number of benzene rings is 1. The third-order valence-electron chi connectivity index (χ3n) is 3.92. The summed E-state index contributed by atoms with van der Waals surface area (Å²) in [4.78, 5) is 26.5. The second kappa shape index (κ2) is 6.18. The smallest absolute Gasteiger partial charge is 0.227 e. The highest BCUT2D eigenvalue weighted by Crippen LogP contribution is 2.26. The van der Waals surface area contributed by atoms with E-state index in [4.69, 9.17) is 11.6 Å². The quantitative estimate of drug-likeness (QED) is 0.779. The first-order valence-corrected chi connectivity index (χ1v) is 7.76. The van der Waals surface area contributed by atoms with E-state index in [0.717, 1.165) is 12.8 Å². The molecule has 0 atom stereocenters. The largest absolute Gasteiger partial charge is 0.342 e. The maximum Gasteiger partial charge on any atom is 0.227 e. The molecule has 21 heavy (non-hydrogen) atoms. The van der Waals surface area contributed by atoms with Gasteiger partial charge in [-0.25, -0.2) is 0 Å². The van der Waals surface area contributed by atoms with E-state index in [-0.39, 0.29) is 23.0 Å². The Balaban J connectivity index is 1.96. The minimum Gasteiger partial charge on any atom is -0.342 e. The maximum atomic E-state index is 12.4. The summed E-state index contributed by atoms with van der Waals surface area (Å²) in [5.41, 5.74) is 0.354. The molecule has 1 aromatic carbocycles. The zero-order valence-electron chi connectivity index (χ0n) is 12.9. The lowest BCUT2D eigenvalue weighted by Gasteiger charge is -2.35. The van der Waals surface area contributed by atoms with Crippen molar-refractivity contribution in [2.45, 2.75) is 33.6 Å². The fourth-order valence-electron chi connectivity index (χ4n) is 2.67. The summed E-state index contributed by atoms with van der Waals surface area (Å²) in [5.74, 6) is 0.338. The van der Waals surface area contributed by atoms with Gasteiger partial charge in [-0.3, -0.25) is 9.59 Å². The fraction of sp³-hybridized carbons (Fsp3) is 0.529. The van der Waals surface area contributed by atoms with Crippen LogP contribution < -0.4 is 0 Å². The van der Waals surface area contributed by atoms with Gasteiger partial charge in [0.25, 0.3) is 0 Å². The standard InChI is InChI=1S/C17H22ClNO2/c1-17(2,3)16(21)19-10-8-13(9-11-19)15(20)12-4-6-14(18)7-5-12/h4-7,13H,8-11H2,1-3H3. The Morgan fingerprint density at radius 2 is 1.62 bits per heavy atom. The number of amides is 1. The van der Waals surface area contributed by atoms with Crippen LogP contribution in [0.25, 0.3) is 0 Å². The first kappa shape index (κ1) is 16.0. The second-order valence-electron chi connectivity index (χ2n) is 6.69. The number of hydrogen-bond donors (Lipinski definition) is 0. The zero-order valence-corrected chi connectivity index (χ0v) is 13.6.